The van der Waals surface area contributed by atoms with E-state index in [1.165, 1.54) is 22.3 Å². The number of hydrogen-bond acceptors (Lipinski definition) is 7. The molecule has 1 N–H and O–H groups in total. The smallest absolute Gasteiger partial charge is 0.283 e. The van der Waals surface area contributed by atoms with Crippen LogP contribution in [0.3, 0.4) is 0 Å². The van der Waals surface area contributed by atoms with Crippen LogP contribution < -0.4 is 14.2 Å². The molecule has 0 bridgehead atoms. The molecule has 0 fully saturated rings. The lowest BCUT2D eigenvalue weighted by Crippen LogP contribution is -2.35. The van der Waals surface area contributed by atoms with E-state index < -0.39 is 5.91 Å². The summed E-state index contributed by atoms with van der Waals surface area (Å²) in [5.41, 5.74) is 5.29. The van der Waals surface area contributed by atoms with E-state index in [9.17, 15) is 4.79 Å². The Kier molecular flexibility index (Phi) is 8.54. The standard InChI is InChI=1S/C32H32N4O4S/c1-5-22-15-21(4)16-25(17-22)39-13-14-40-27-12-9-23(19-28(27)38-6-2)18-26-29(33)36-32(34-30(26)37)41-31(35-36)24-10-7-20(3)8-11-24/h7-12,15-19,33H,5-6,13-14H2,1-4H3/b26-18-,33-29?. The molecule has 0 aliphatic carbocycles. The number of amides is 1. The number of benzene rings is 3. The van der Waals surface area contributed by atoms with Gasteiger partial charge in [0.25, 0.3) is 5.91 Å². The molecular weight excluding hydrogens is 536 g/mol. The molecule has 210 valence electrons. The molecule has 0 unspecified atom stereocenters. The minimum Gasteiger partial charge on any atom is -0.490 e. The second kappa shape index (κ2) is 12.4. The Balaban J connectivity index is 1.29. The van der Waals surface area contributed by atoms with Gasteiger partial charge in [-0.25, -0.2) is 0 Å². The van der Waals surface area contributed by atoms with Crippen LogP contribution >= 0.6 is 11.8 Å². The van der Waals surface area contributed by atoms with Gasteiger partial charge in [-0.3, -0.25) is 10.2 Å². The van der Waals surface area contributed by atoms with Gasteiger partial charge in [-0.05, 0) is 86.0 Å². The van der Waals surface area contributed by atoms with Crippen LogP contribution in [-0.2, 0) is 11.2 Å². The largest absolute Gasteiger partial charge is 0.490 e. The molecule has 3 aromatic rings. The summed E-state index contributed by atoms with van der Waals surface area (Å²) < 4.78 is 17.7. The van der Waals surface area contributed by atoms with Gasteiger partial charge in [-0.15, -0.1) is 0 Å². The van der Waals surface area contributed by atoms with Crippen molar-refractivity contribution in [1.82, 2.24) is 5.01 Å². The van der Waals surface area contributed by atoms with Crippen molar-refractivity contribution in [2.24, 2.45) is 10.1 Å². The number of nitrogens with one attached hydrogen (secondary N) is 1. The van der Waals surface area contributed by atoms with Gasteiger partial charge >= 0.3 is 0 Å². The zero-order valence-corrected chi connectivity index (χ0v) is 24.4. The number of carbonyl (C=O) groups excluding carboxylic acids is 1. The number of rotatable bonds is 10. The quantitative estimate of drug-likeness (QED) is 0.225. The van der Waals surface area contributed by atoms with E-state index in [0.717, 1.165) is 28.9 Å². The fourth-order valence-electron chi connectivity index (χ4n) is 4.40. The van der Waals surface area contributed by atoms with E-state index in [-0.39, 0.29) is 11.4 Å². The predicted molar refractivity (Wildman–Crippen MR) is 164 cm³/mol. The summed E-state index contributed by atoms with van der Waals surface area (Å²) in [5.74, 6) is 1.44. The van der Waals surface area contributed by atoms with Gasteiger partial charge in [-0.1, -0.05) is 48.9 Å². The molecule has 5 rings (SSSR count). The van der Waals surface area contributed by atoms with E-state index in [0.29, 0.717) is 47.1 Å². The molecule has 0 aromatic heterocycles. The summed E-state index contributed by atoms with van der Waals surface area (Å²) in [6, 6.07) is 19.6. The number of nitrogens with zero attached hydrogens (tertiary/aromatic N) is 3. The van der Waals surface area contributed by atoms with Gasteiger partial charge in [0.1, 0.15) is 24.0 Å². The highest BCUT2D eigenvalue weighted by Gasteiger charge is 2.36. The van der Waals surface area contributed by atoms with Crippen molar-refractivity contribution in [1.29, 1.82) is 5.41 Å². The van der Waals surface area contributed by atoms with Crippen LogP contribution in [0.5, 0.6) is 17.2 Å². The Labute approximate surface area is 244 Å². The third-order valence-corrected chi connectivity index (χ3v) is 7.42. The lowest BCUT2D eigenvalue weighted by Gasteiger charge is -2.20. The summed E-state index contributed by atoms with van der Waals surface area (Å²) in [5, 5.41) is 15.8. The maximum absolute atomic E-state index is 12.9. The molecule has 1 amide bonds. The molecule has 0 spiro atoms. The van der Waals surface area contributed by atoms with E-state index in [1.807, 2.05) is 56.3 Å². The highest BCUT2D eigenvalue weighted by Crippen LogP contribution is 2.33. The van der Waals surface area contributed by atoms with E-state index in [1.54, 1.807) is 18.2 Å². The first kappa shape index (κ1) is 28.2. The minimum atomic E-state index is -0.480. The number of amidine groups is 2. The average molecular weight is 569 g/mol. The van der Waals surface area contributed by atoms with E-state index >= 15 is 0 Å². The van der Waals surface area contributed by atoms with Crippen molar-refractivity contribution < 1.29 is 19.0 Å². The fourth-order valence-corrected chi connectivity index (χ4v) is 5.29. The summed E-state index contributed by atoms with van der Waals surface area (Å²) in [4.78, 5) is 17.1. The molecule has 2 heterocycles. The second-order valence-electron chi connectivity index (χ2n) is 9.64. The highest BCUT2D eigenvalue weighted by atomic mass is 32.2. The first-order valence-corrected chi connectivity index (χ1v) is 14.4. The number of fused-ring (bicyclic) bond motifs is 1. The van der Waals surface area contributed by atoms with Gasteiger partial charge in [0, 0.05) is 5.56 Å². The van der Waals surface area contributed by atoms with Gasteiger partial charge in [0.05, 0.1) is 12.2 Å². The Morgan fingerprint density at radius 3 is 2.44 bits per heavy atom. The number of carbonyl (C=O) groups is 1. The fraction of sp³-hybridized carbons (Fsp3) is 0.250. The monoisotopic (exact) mass is 568 g/mol. The summed E-state index contributed by atoms with van der Waals surface area (Å²) in [6.07, 6.45) is 2.58. The number of hydrogen-bond donors (Lipinski definition) is 1. The lowest BCUT2D eigenvalue weighted by atomic mass is 10.1. The van der Waals surface area contributed by atoms with Crippen LogP contribution in [0.25, 0.3) is 6.08 Å². The van der Waals surface area contributed by atoms with E-state index in [4.69, 9.17) is 19.6 Å². The molecule has 0 radical (unpaired) electrons. The van der Waals surface area contributed by atoms with Crippen LogP contribution in [0.2, 0.25) is 0 Å². The van der Waals surface area contributed by atoms with Crippen LogP contribution in [0.15, 0.2) is 76.3 Å². The molecule has 0 saturated heterocycles. The Hall–Kier alpha value is -4.37. The Morgan fingerprint density at radius 2 is 1.68 bits per heavy atom. The van der Waals surface area contributed by atoms with Gasteiger partial charge < -0.3 is 14.2 Å². The molecule has 3 aromatic carbocycles. The minimum absolute atomic E-state index is 0.0209. The summed E-state index contributed by atoms with van der Waals surface area (Å²) in [6.45, 7) is 9.26. The summed E-state index contributed by atoms with van der Waals surface area (Å²) >= 11 is 1.28. The SMILES string of the molecule is CCOc1cc(/C=C2/C(=N)N3N=C(c4ccc(C)cc4)SC3=NC2=O)ccc1OCCOc1cc(C)cc(CC)c1. The van der Waals surface area contributed by atoms with Crippen molar-refractivity contribution in [3.63, 3.8) is 0 Å². The molecule has 41 heavy (non-hydrogen) atoms. The molecule has 8 nitrogen and oxygen atoms in total. The van der Waals surface area contributed by atoms with Crippen LogP contribution in [0.4, 0.5) is 0 Å². The van der Waals surface area contributed by atoms with Crippen LogP contribution in [-0.4, -0.2) is 46.8 Å². The normalized spacial score (nSPS) is 15.5. The van der Waals surface area contributed by atoms with Crippen molar-refractivity contribution in [2.45, 2.75) is 34.1 Å². The lowest BCUT2D eigenvalue weighted by molar-refractivity contribution is -0.114. The Bertz CT molecular complexity index is 1580. The van der Waals surface area contributed by atoms with Gasteiger partial charge in [0.15, 0.2) is 17.3 Å². The zero-order valence-electron chi connectivity index (χ0n) is 23.6. The number of thioether (sulfide) groups is 1. The third kappa shape index (κ3) is 6.52. The highest BCUT2D eigenvalue weighted by molar-refractivity contribution is 8.27. The second-order valence-corrected chi connectivity index (χ2v) is 10.6. The van der Waals surface area contributed by atoms with Crippen LogP contribution in [0, 0.1) is 19.3 Å². The first-order chi connectivity index (χ1) is 19.8. The zero-order chi connectivity index (χ0) is 28.9. The van der Waals surface area contributed by atoms with Crippen molar-refractivity contribution in [3.8, 4) is 17.2 Å². The van der Waals surface area contributed by atoms with Gasteiger partial charge in [0.2, 0.25) is 5.17 Å². The van der Waals surface area contributed by atoms with Crippen molar-refractivity contribution in [2.75, 3.05) is 19.8 Å². The molecule has 0 saturated carbocycles. The Morgan fingerprint density at radius 1 is 0.902 bits per heavy atom. The molecular formula is C32H32N4O4S. The van der Waals surface area contributed by atoms with E-state index in [2.05, 4.69) is 30.0 Å². The number of ether oxygens (including phenoxy) is 3. The van der Waals surface area contributed by atoms with Crippen LogP contribution in [0.1, 0.15) is 41.7 Å². The van der Waals surface area contributed by atoms with Crippen molar-refractivity contribution >= 4 is 39.8 Å². The number of aryl methyl sites for hydroxylation is 3. The molecule has 9 heteroatoms. The molecule has 0 atom stereocenters. The third-order valence-electron chi connectivity index (χ3n) is 6.46. The van der Waals surface area contributed by atoms with Crippen molar-refractivity contribution in [3.05, 3.63) is 94.1 Å². The number of hydrazone groups is 1. The maximum atomic E-state index is 12.9. The van der Waals surface area contributed by atoms with Gasteiger partial charge in [-0.2, -0.15) is 15.1 Å². The molecule has 2 aliphatic rings. The maximum Gasteiger partial charge on any atom is 0.283 e. The predicted octanol–water partition coefficient (Wildman–Crippen LogP) is 6.39. The molecule has 2 aliphatic heterocycles. The first-order valence-electron chi connectivity index (χ1n) is 13.5. The average Bonchev–Trinajstić information content (AvgIpc) is 3.38. The summed E-state index contributed by atoms with van der Waals surface area (Å²) in [7, 11) is 0. The topological polar surface area (TPSA) is 96.6 Å². The number of aliphatic imine (C=N–C) groups is 1.